The van der Waals surface area contributed by atoms with Crippen LogP contribution in [0.2, 0.25) is 0 Å². The Morgan fingerprint density at radius 2 is 2.15 bits per heavy atom. The molecule has 5 heteroatoms. The molecule has 0 atom stereocenters. The predicted octanol–water partition coefficient (Wildman–Crippen LogP) is 2.82. The molecule has 3 N–H and O–H groups in total. The molecule has 4 nitrogen and oxygen atoms in total. The van der Waals surface area contributed by atoms with E-state index in [-0.39, 0.29) is 18.1 Å². The summed E-state index contributed by atoms with van der Waals surface area (Å²) in [5.74, 6) is -0.456. The van der Waals surface area contributed by atoms with Crippen LogP contribution in [0.25, 0.3) is 0 Å². The van der Waals surface area contributed by atoms with Crippen LogP contribution < -0.4 is 15.8 Å². The standard InChI is InChI=1S/C15H21FN2O2/c1-2-20-13-6-5-11(9-12(13)16)18-14(19)10-15(17)7-3-4-8-15/h5-6,9H,2-4,7-8,10,17H2,1H3,(H,18,19). The van der Waals surface area contributed by atoms with E-state index in [1.54, 1.807) is 13.0 Å². The van der Waals surface area contributed by atoms with Crippen LogP contribution in [0.1, 0.15) is 39.0 Å². The molecule has 1 aromatic rings. The number of hydrogen-bond donors (Lipinski definition) is 2. The molecule has 0 radical (unpaired) electrons. The summed E-state index contributed by atoms with van der Waals surface area (Å²) in [6.07, 6.45) is 4.17. The molecule has 1 aliphatic carbocycles. The largest absolute Gasteiger partial charge is 0.491 e. The van der Waals surface area contributed by atoms with Crippen molar-refractivity contribution in [3.05, 3.63) is 24.0 Å². The highest BCUT2D eigenvalue weighted by Crippen LogP contribution is 2.30. The van der Waals surface area contributed by atoms with Crippen LogP contribution in [0.4, 0.5) is 10.1 Å². The third-order valence-corrected chi connectivity index (χ3v) is 3.63. The number of carbonyl (C=O) groups is 1. The molecule has 1 fully saturated rings. The van der Waals surface area contributed by atoms with E-state index in [2.05, 4.69) is 5.32 Å². The van der Waals surface area contributed by atoms with Gasteiger partial charge in [0.25, 0.3) is 0 Å². The Morgan fingerprint density at radius 1 is 1.45 bits per heavy atom. The van der Waals surface area contributed by atoms with Crippen LogP contribution in [-0.4, -0.2) is 18.1 Å². The van der Waals surface area contributed by atoms with Gasteiger partial charge in [-0.1, -0.05) is 12.8 Å². The fourth-order valence-corrected chi connectivity index (χ4v) is 2.63. The van der Waals surface area contributed by atoms with E-state index in [0.29, 0.717) is 12.3 Å². The zero-order valence-corrected chi connectivity index (χ0v) is 11.7. The van der Waals surface area contributed by atoms with Gasteiger partial charge in [0.2, 0.25) is 5.91 Å². The van der Waals surface area contributed by atoms with Gasteiger partial charge in [-0.15, -0.1) is 0 Å². The summed E-state index contributed by atoms with van der Waals surface area (Å²) in [6, 6.07) is 4.41. The van der Waals surface area contributed by atoms with E-state index in [0.717, 1.165) is 25.7 Å². The van der Waals surface area contributed by atoms with Crippen LogP contribution in [0.3, 0.4) is 0 Å². The van der Waals surface area contributed by atoms with Crippen molar-refractivity contribution in [1.29, 1.82) is 0 Å². The average Bonchev–Trinajstić information content (AvgIpc) is 2.79. The smallest absolute Gasteiger partial charge is 0.226 e. The van der Waals surface area contributed by atoms with Gasteiger partial charge in [-0.2, -0.15) is 0 Å². The van der Waals surface area contributed by atoms with E-state index in [1.165, 1.54) is 12.1 Å². The molecule has 0 bridgehead atoms. The molecule has 0 aromatic heterocycles. The number of hydrogen-bond acceptors (Lipinski definition) is 3. The number of amides is 1. The molecule has 1 aromatic carbocycles. The van der Waals surface area contributed by atoms with Gasteiger partial charge in [-0.25, -0.2) is 4.39 Å². The van der Waals surface area contributed by atoms with Gasteiger partial charge in [0.05, 0.1) is 6.61 Å². The first kappa shape index (κ1) is 14.8. The summed E-state index contributed by atoms with van der Waals surface area (Å²) in [4.78, 5) is 12.0. The van der Waals surface area contributed by atoms with Gasteiger partial charge >= 0.3 is 0 Å². The predicted molar refractivity (Wildman–Crippen MR) is 76.2 cm³/mol. The highest BCUT2D eigenvalue weighted by atomic mass is 19.1. The maximum Gasteiger partial charge on any atom is 0.226 e. The van der Waals surface area contributed by atoms with Gasteiger partial charge in [0.1, 0.15) is 0 Å². The summed E-state index contributed by atoms with van der Waals surface area (Å²) < 4.78 is 18.8. The first-order chi connectivity index (χ1) is 9.52. The molecule has 110 valence electrons. The number of benzene rings is 1. The number of nitrogens with two attached hydrogens (primary N) is 1. The van der Waals surface area contributed by atoms with Gasteiger partial charge in [-0.05, 0) is 31.9 Å². The number of anilines is 1. The minimum Gasteiger partial charge on any atom is -0.491 e. The van der Waals surface area contributed by atoms with E-state index in [1.807, 2.05) is 0 Å². The second kappa shape index (κ2) is 6.22. The van der Waals surface area contributed by atoms with Crippen molar-refractivity contribution in [1.82, 2.24) is 0 Å². The van der Waals surface area contributed by atoms with Crippen LogP contribution in [0, 0.1) is 5.82 Å². The van der Waals surface area contributed by atoms with Crippen LogP contribution in [0.15, 0.2) is 18.2 Å². The Labute approximate surface area is 118 Å². The molecule has 0 spiro atoms. The fraction of sp³-hybridized carbons (Fsp3) is 0.533. The lowest BCUT2D eigenvalue weighted by Crippen LogP contribution is -2.40. The zero-order valence-electron chi connectivity index (χ0n) is 11.7. The monoisotopic (exact) mass is 280 g/mol. The Hall–Kier alpha value is -1.62. The Bertz CT molecular complexity index is 485. The van der Waals surface area contributed by atoms with E-state index in [9.17, 15) is 9.18 Å². The normalized spacial score (nSPS) is 16.9. The summed E-state index contributed by atoms with van der Waals surface area (Å²) in [5.41, 5.74) is 6.19. The van der Waals surface area contributed by atoms with Crippen LogP contribution in [-0.2, 0) is 4.79 Å². The average molecular weight is 280 g/mol. The van der Waals surface area contributed by atoms with Gasteiger partial charge in [-0.3, -0.25) is 4.79 Å². The Morgan fingerprint density at radius 3 is 2.75 bits per heavy atom. The van der Waals surface area contributed by atoms with Gasteiger partial charge in [0, 0.05) is 23.7 Å². The van der Waals surface area contributed by atoms with Crippen LogP contribution in [0.5, 0.6) is 5.75 Å². The van der Waals surface area contributed by atoms with Crippen molar-refractivity contribution in [3.63, 3.8) is 0 Å². The minimum absolute atomic E-state index is 0.169. The maximum atomic E-state index is 13.7. The summed E-state index contributed by atoms with van der Waals surface area (Å²) >= 11 is 0. The Kier molecular flexibility index (Phi) is 4.60. The molecule has 1 saturated carbocycles. The minimum atomic E-state index is -0.479. The second-order valence-electron chi connectivity index (χ2n) is 5.37. The van der Waals surface area contributed by atoms with Crippen molar-refractivity contribution >= 4 is 11.6 Å². The number of halogens is 1. The molecule has 1 aliphatic rings. The summed E-state index contributed by atoms with van der Waals surface area (Å²) in [7, 11) is 0. The molecule has 0 heterocycles. The Balaban J connectivity index is 1.95. The highest BCUT2D eigenvalue weighted by Gasteiger charge is 2.31. The third kappa shape index (κ3) is 3.70. The molecule has 2 rings (SSSR count). The maximum absolute atomic E-state index is 13.7. The molecule has 1 amide bonds. The number of ether oxygens (including phenoxy) is 1. The van der Waals surface area contributed by atoms with Crippen molar-refractivity contribution in [2.45, 2.75) is 44.6 Å². The van der Waals surface area contributed by atoms with Crippen molar-refractivity contribution < 1.29 is 13.9 Å². The second-order valence-corrected chi connectivity index (χ2v) is 5.37. The summed E-state index contributed by atoms with van der Waals surface area (Å²) in [6.45, 7) is 2.19. The van der Waals surface area contributed by atoms with Crippen molar-refractivity contribution in [2.24, 2.45) is 5.73 Å². The topological polar surface area (TPSA) is 64.3 Å². The summed E-state index contributed by atoms with van der Waals surface area (Å²) in [5, 5.41) is 2.69. The molecular formula is C15H21FN2O2. The number of rotatable bonds is 5. The molecule has 20 heavy (non-hydrogen) atoms. The SMILES string of the molecule is CCOc1ccc(NC(=O)CC2(N)CCCC2)cc1F. The highest BCUT2D eigenvalue weighted by molar-refractivity contribution is 5.91. The zero-order chi connectivity index (χ0) is 14.6. The first-order valence-corrected chi connectivity index (χ1v) is 7.03. The third-order valence-electron chi connectivity index (χ3n) is 3.63. The molecular weight excluding hydrogens is 259 g/mol. The lowest BCUT2D eigenvalue weighted by Gasteiger charge is -2.22. The first-order valence-electron chi connectivity index (χ1n) is 7.03. The lowest BCUT2D eigenvalue weighted by molar-refractivity contribution is -0.117. The van der Waals surface area contributed by atoms with Crippen LogP contribution >= 0.6 is 0 Å². The fourth-order valence-electron chi connectivity index (χ4n) is 2.63. The van der Waals surface area contributed by atoms with Gasteiger partial charge < -0.3 is 15.8 Å². The van der Waals surface area contributed by atoms with E-state index in [4.69, 9.17) is 10.5 Å². The quantitative estimate of drug-likeness (QED) is 0.871. The van der Waals surface area contributed by atoms with Gasteiger partial charge in [0.15, 0.2) is 11.6 Å². The molecule has 0 unspecified atom stereocenters. The van der Waals surface area contributed by atoms with E-state index >= 15 is 0 Å². The van der Waals surface area contributed by atoms with E-state index < -0.39 is 11.4 Å². The van der Waals surface area contributed by atoms with Crippen molar-refractivity contribution in [2.75, 3.05) is 11.9 Å². The molecule has 0 saturated heterocycles. The van der Waals surface area contributed by atoms with Crippen molar-refractivity contribution in [3.8, 4) is 5.75 Å². The number of carbonyl (C=O) groups excluding carboxylic acids is 1. The number of nitrogens with one attached hydrogen (secondary N) is 1. The lowest BCUT2D eigenvalue weighted by atomic mass is 9.94. The molecule has 0 aliphatic heterocycles.